The SMILES string of the molecule is CO[C@H]1[C@H](NC(=O)c2ccco2)c2ccccc2C12CCN(Cc1ccc(C)c(C)c1)CC2. The molecule has 0 bridgehead atoms. The molecule has 2 aliphatic rings. The number of benzene rings is 2. The number of likely N-dealkylation sites (tertiary alicyclic amines) is 1. The number of methoxy groups -OCH3 is 1. The number of carbonyl (C=O) groups is 1. The molecule has 5 heteroatoms. The Balaban J connectivity index is 1.37. The number of carbonyl (C=O) groups excluding carboxylic acids is 1. The predicted molar refractivity (Wildman–Crippen MR) is 128 cm³/mol. The zero-order valence-corrected chi connectivity index (χ0v) is 19.6. The first-order chi connectivity index (χ1) is 16.0. The fraction of sp³-hybridized carbons (Fsp3) is 0.393. The summed E-state index contributed by atoms with van der Waals surface area (Å²) in [4.78, 5) is 15.4. The molecule has 1 N–H and O–H groups in total. The first kappa shape index (κ1) is 21.9. The van der Waals surface area contributed by atoms with Crippen LogP contribution < -0.4 is 5.32 Å². The second-order valence-electron chi connectivity index (χ2n) is 9.52. The number of aryl methyl sites for hydroxylation is 2. The van der Waals surface area contributed by atoms with E-state index in [1.54, 1.807) is 19.2 Å². The minimum Gasteiger partial charge on any atom is -0.459 e. The second kappa shape index (κ2) is 8.81. The quantitative estimate of drug-likeness (QED) is 0.606. The molecule has 33 heavy (non-hydrogen) atoms. The van der Waals surface area contributed by atoms with Crippen LogP contribution in [0.4, 0.5) is 0 Å². The van der Waals surface area contributed by atoms with Crippen molar-refractivity contribution in [2.45, 2.75) is 50.8 Å². The van der Waals surface area contributed by atoms with E-state index in [-0.39, 0.29) is 23.5 Å². The maximum absolute atomic E-state index is 12.8. The van der Waals surface area contributed by atoms with Gasteiger partial charge in [-0.2, -0.15) is 0 Å². The molecule has 5 nitrogen and oxygen atoms in total. The van der Waals surface area contributed by atoms with Crippen molar-refractivity contribution in [2.75, 3.05) is 20.2 Å². The van der Waals surface area contributed by atoms with Crippen LogP contribution in [0.3, 0.4) is 0 Å². The van der Waals surface area contributed by atoms with Crippen LogP contribution in [0.2, 0.25) is 0 Å². The van der Waals surface area contributed by atoms with Gasteiger partial charge in [-0.15, -0.1) is 0 Å². The van der Waals surface area contributed by atoms with E-state index in [4.69, 9.17) is 9.15 Å². The van der Waals surface area contributed by atoms with Gasteiger partial charge < -0.3 is 14.5 Å². The number of rotatable bonds is 5. The highest BCUT2D eigenvalue weighted by molar-refractivity contribution is 5.91. The van der Waals surface area contributed by atoms with Gasteiger partial charge in [0.2, 0.25) is 0 Å². The molecule has 0 unspecified atom stereocenters. The molecule has 1 aliphatic carbocycles. The predicted octanol–water partition coefficient (Wildman–Crippen LogP) is 4.93. The normalized spacial score (nSPS) is 21.8. The molecule has 1 amide bonds. The first-order valence-corrected chi connectivity index (χ1v) is 11.8. The highest BCUT2D eigenvalue weighted by atomic mass is 16.5. The molecule has 1 spiro atoms. The molecule has 2 aromatic carbocycles. The molecule has 5 rings (SSSR count). The van der Waals surface area contributed by atoms with Crippen LogP contribution in [0.25, 0.3) is 0 Å². The van der Waals surface area contributed by atoms with Gasteiger partial charge in [0.25, 0.3) is 5.91 Å². The van der Waals surface area contributed by atoms with Gasteiger partial charge in [-0.1, -0.05) is 42.5 Å². The summed E-state index contributed by atoms with van der Waals surface area (Å²) >= 11 is 0. The number of fused-ring (bicyclic) bond motifs is 2. The largest absolute Gasteiger partial charge is 0.459 e. The van der Waals surface area contributed by atoms with E-state index in [9.17, 15) is 4.79 Å². The molecule has 3 aromatic rings. The Kier molecular flexibility index (Phi) is 5.85. The molecule has 1 aromatic heterocycles. The minimum absolute atomic E-state index is 0.105. The highest BCUT2D eigenvalue weighted by Crippen LogP contribution is 2.52. The molecule has 2 heterocycles. The van der Waals surface area contributed by atoms with Gasteiger partial charge in [-0.3, -0.25) is 9.69 Å². The maximum atomic E-state index is 12.8. The molecular weight excluding hydrogens is 412 g/mol. The third-order valence-corrected chi connectivity index (χ3v) is 7.69. The van der Waals surface area contributed by atoms with Crippen LogP contribution in [0.15, 0.2) is 65.3 Å². The van der Waals surface area contributed by atoms with E-state index in [1.165, 1.54) is 28.5 Å². The Morgan fingerprint density at radius 3 is 2.58 bits per heavy atom. The van der Waals surface area contributed by atoms with Crippen LogP contribution in [-0.4, -0.2) is 37.1 Å². The van der Waals surface area contributed by atoms with Crippen molar-refractivity contribution in [3.8, 4) is 0 Å². The zero-order chi connectivity index (χ0) is 23.0. The summed E-state index contributed by atoms with van der Waals surface area (Å²) < 4.78 is 11.5. The number of furan rings is 1. The van der Waals surface area contributed by atoms with Gasteiger partial charge in [0.1, 0.15) is 0 Å². The fourth-order valence-electron chi connectivity index (χ4n) is 5.82. The summed E-state index contributed by atoms with van der Waals surface area (Å²) in [5, 5.41) is 3.20. The lowest BCUT2D eigenvalue weighted by atomic mass is 9.71. The molecule has 0 radical (unpaired) electrons. The Bertz CT molecular complexity index is 1130. The van der Waals surface area contributed by atoms with Crippen LogP contribution in [0.1, 0.15) is 57.3 Å². The van der Waals surface area contributed by atoms with Crippen LogP contribution in [0.5, 0.6) is 0 Å². The standard InChI is InChI=1S/C28H32N2O3/c1-19-10-11-21(17-20(19)2)18-30-14-12-28(13-15-30)23-8-5-4-7-22(23)25(26(28)32-3)29-27(31)24-9-6-16-33-24/h4-11,16-17,25-26H,12-15,18H2,1-3H3,(H,29,31)/t25-,26+/m1/s1. The summed E-state index contributed by atoms with van der Waals surface area (Å²) in [7, 11) is 1.77. The Morgan fingerprint density at radius 1 is 1.09 bits per heavy atom. The first-order valence-electron chi connectivity index (χ1n) is 11.8. The monoisotopic (exact) mass is 444 g/mol. The number of piperidine rings is 1. The van der Waals surface area contributed by atoms with E-state index in [0.29, 0.717) is 5.76 Å². The summed E-state index contributed by atoms with van der Waals surface area (Å²) in [6, 6.07) is 18.5. The number of amides is 1. The van der Waals surface area contributed by atoms with Crippen molar-refractivity contribution in [2.24, 2.45) is 0 Å². The van der Waals surface area contributed by atoms with E-state index in [2.05, 4.69) is 60.5 Å². The van der Waals surface area contributed by atoms with Crippen molar-refractivity contribution in [1.82, 2.24) is 10.2 Å². The lowest BCUT2D eigenvalue weighted by molar-refractivity contribution is -0.0124. The van der Waals surface area contributed by atoms with E-state index in [0.717, 1.165) is 38.0 Å². The number of nitrogens with one attached hydrogen (secondary N) is 1. The zero-order valence-electron chi connectivity index (χ0n) is 19.6. The highest BCUT2D eigenvalue weighted by Gasteiger charge is 2.54. The van der Waals surface area contributed by atoms with Gasteiger partial charge in [0.05, 0.1) is 18.4 Å². The lowest BCUT2D eigenvalue weighted by Crippen LogP contribution is -2.50. The third kappa shape index (κ3) is 3.90. The van der Waals surface area contributed by atoms with Crippen LogP contribution >= 0.6 is 0 Å². The Morgan fingerprint density at radius 2 is 1.88 bits per heavy atom. The van der Waals surface area contributed by atoms with Gasteiger partial charge in [0, 0.05) is 19.1 Å². The summed E-state index contributed by atoms with van der Waals surface area (Å²) in [5.41, 5.74) is 6.42. The van der Waals surface area contributed by atoms with Crippen LogP contribution in [-0.2, 0) is 16.7 Å². The molecule has 0 saturated carbocycles. The molecule has 1 fully saturated rings. The number of nitrogens with zero attached hydrogens (tertiary/aromatic N) is 1. The van der Waals surface area contributed by atoms with E-state index < -0.39 is 0 Å². The van der Waals surface area contributed by atoms with Crippen molar-refractivity contribution in [1.29, 1.82) is 0 Å². The van der Waals surface area contributed by atoms with Crippen molar-refractivity contribution >= 4 is 5.91 Å². The number of hydrogen-bond acceptors (Lipinski definition) is 4. The molecule has 1 saturated heterocycles. The second-order valence-corrected chi connectivity index (χ2v) is 9.52. The summed E-state index contributed by atoms with van der Waals surface area (Å²) in [5.74, 6) is 0.123. The third-order valence-electron chi connectivity index (χ3n) is 7.69. The molecule has 2 atom stereocenters. The topological polar surface area (TPSA) is 54.7 Å². The molecular formula is C28H32N2O3. The van der Waals surface area contributed by atoms with Crippen molar-refractivity contribution < 1.29 is 13.9 Å². The van der Waals surface area contributed by atoms with Gasteiger partial charge in [-0.05, 0) is 79.7 Å². The van der Waals surface area contributed by atoms with Crippen molar-refractivity contribution in [3.05, 3.63) is 94.4 Å². The maximum Gasteiger partial charge on any atom is 0.287 e. The van der Waals surface area contributed by atoms with Gasteiger partial charge in [-0.25, -0.2) is 0 Å². The minimum atomic E-state index is -0.203. The van der Waals surface area contributed by atoms with Crippen LogP contribution in [0, 0.1) is 13.8 Å². The van der Waals surface area contributed by atoms with E-state index >= 15 is 0 Å². The molecule has 1 aliphatic heterocycles. The number of ether oxygens (including phenoxy) is 1. The Labute approximate surface area is 195 Å². The van der Waals surface area contributed by atoms with Gasteiger partial charge in [0.15, 0.2) is 5.76 Å². The average molecular weight is 445 g/mol. The number of hydrogen-bond donors (Lipinski definition) is 1. The fourth-order valence-corrected chi connectivity index (χ4v) is 5.82. The molecule has 172 valence electrons. The summed E-state index contributed by atoms with van der Waals surface area (Å²) in [6.07, 6.45) is 3.41. The average Bonchev–Trinajstić information content (AvgIpc) is 3.45. The van der Waals surface area contributed by atoms with E-state index in [1.807, 2.05) is 6.07 Å². The summed E-state index contributed by atoms with van der Waals surface area (Å²) in [6.45, 7) is 7.31. The lowest BCUT2D eigenvalue weighted by Gasteiger charge is -2.44. The van der Waals surface area contributed by atoms with Crippen molar-refractivity contribution in [3.63, 3.8) is 0 Å². The smallest absolute Gasteiger partial charge is 0.287 e. The Hall–Kier alpha value is -2.89. The van der Waals surface area contributed by atoms with Gasteiger partial charge >= 0.3 is 0 Å².